The molecule has 1 aliphatic rings. The number of carbonyl (C=O) groups is 2. The zero-order valence-corrected chi connectivity index (χ0v) is 12.3. The number of hydrogen-bond donors (Lipinski definition) is 1. The standard InChI is InChI=1S/C18H18N2O2/c21-17(14-7-2-1-3-8-14)15-9-6-10-16(13-15)19-18(22)20-11-4-5-12-20/h1-3,6-10,13H,4-5,11-12H2,(H,19,22). The SMILES string of the molecule is O=C(c1ccccc1)c1cccc(NC(=O)N2CCCC2)c1. The highest BCUT2D eigenvalue weighted by Gasteiger charge is 2.18. The fourth-order valence-corrected chi connectivity index (χ4v) is 2.62. The molecule has 0 unspecified atom stereocenters. The second-order valence-corrected chi connectivity index (χ2v) is 5.40. The van der Waals surface area contributed by atoms with E-state index in [0.29, 0.717) is 16.8 Å². The third-order valence-corrected chi connectivity index (χ3v) is 3.81. The summed E-state index contributed by atoms with van der Waals surface area (Å²) in [4.78, 5) is 26.3. The van der Waals surface area contributed by atoms with Crippen LogP contribution in [0.15, 0.2) is 54.6 Å². The third kappa shape index (κ3) is 3.17. The van der Waals surface area contributed by atoms with Gasteiger partial charge in [0.15, 0.2) is 5.78 Å². The van der Waals surface area contributed by atoms with Crippen molar-refractivity contribution >= 4 is 17.5 Å². The van der Waals surface area contributed by atoms with Crippen molar-refractivity contribution in [3.8, 4) is 0 Å². The van der Waals surface area contributed by atoms with Crippen molar-refractivity contribution in [2.45, 2.75) is 12.8 Å². The topological polar surface area (TPSA) is 49.4 Å². The highest BCUT2D eigenvalue weighted by Crippen LogP contribution is 2.16. The van der Waals surface area contributed by atoms with Gasteiger partial charge >= 0.3 is 6.03 Å². The Morgan fingerprint density at radius 2 is 1.55 bits per heavy atom. The Balaban J connectivity index is 1.75. The van der Waals surface area contributed by atoms with Crippen LogP contribution in [0.3, 0.4) is 0 Å². The number of amides is 2. The number of likely N-dealkylation sites (tertiary alicyclic amines) is 1. The van der Waals surface area contributed by atoms with Gasteiger partial charge in [-0.05, 0) is 25.0 Å². The molecule has 0 spiro atoms. The number of hydrogen-bond acceptors (Lipinski definition) is 2. The number of urea groups is 1. The maximum Gasteiger partial charge on any atom is 0.321 e. The minimum absolute atomic E-state index is 0.0436. The molecule has 1 heterocycles. The number of ketones is 1. The van der Waals surface area contributed by atoms with E-state index in [4.69, 9.17) is 0 Å². The second kappa shape index (κ2) is 6.43. The van der Waals surface area contributed by atoms with E-state index >= 15 is 0 Å². The minimum atomic E-state index is -0.0955. The first-order valence-electron chi connectivity index (χ1n) is 7.50. The summed E-state index contributed by atoms with van der Waals surface area (Å²) in [5.74, 6) is -0.0436. The molecule has 0 aliphatic carbocycles. The predicted octanol–water partition coefficient (Wildman–Crippen LogP) is 3.55. The normalized spacial score (nSPS) is 13.9. The molecule has 2 aromatic carbocycles. The fourth-order valence-electron chi connectivity index (χ4n) is 2.62. The van der Waals surface area contributed by atoms with Crippen molar-refractivity contribution in [3.05, 3.63) is 65.7 Å². The zero-order valence-electron chi connectivity index (χ0n) is 12.3. The van der Waals surface area contributed by atoms with Crippen LogP contribution in [0.2, 0.25) is 0 Å². The smallest absolute Gasteiger partial charge is 0.321 e. The first kappa shape index (κ1) is 14.3. The van der Waals surface area contributed by atoms with Crippen LogP contribution in [0, 0.1) is 0 Å². The Labute approximate surface area is 129 Å². The average Bonchev–Trinajstić information content (AvgIpc) is 3.10. The van der Waals surface area contributed by atoms with Crippen molar-refractivity contribution in [2.24, 2.45) is 0 Å². The molecule has 4 heteroatoms. The van der Waals surface area contributed by atoms with Crippen LogP contribution in [0.4, 0.5) is 10.5 Å². The van der Waals surface area contributed by atoms with Crippen LogP contribution in [-0.4, -0.2) is 29.8 Å². The van der Waals surface area contributed by atoms with E-state index in [1.54, 1.807) is 41.3 Å². The van der Waals surface area contributed by atoms with Gasteiger partial charge in [-0.2, -0.15) is 0 Å². The number of benzene rings is 2. The lowest BCUT2D eigenvalue weighted by Gasteiger charge is -2.16. The predicted molar refractivity (Wildman–Crippen MR) is 86.1 cm³/mol. The van der Waals surface area contributed by atoms with Crippen molar-refractivity contribution in [3.63, 3.8) is 0 Å². The molecule has 4 nitrogen and oxygen atoms in total. The van der Waals surface area contributed by atoms with E-state index in [1.807, 2.05) is 18.2 Å². The Hall–Kier alpha value is -2.62. The molecule has 1 saturated heterocycles. The molecule has 112 valence electrons. The van der Waals surface area contributed by atoms with E-state index < -0.39 is 0 Å². The fraction of sp³-hybridized carbons (Fsp3) is 0.222. The summed E-state index contributed by atoms with van der Waals surface area (Å²) >= 11 is 0. The van der Waals surface area contributed by atoms with Crippen molar-refractivity contribution in [1.29, 1.82) is 0 Å². The minimum Gasteiger partial charge on any atom is -0.325 e. The lowest BCUT2D eigenvalue weighted by Crippen LogP contribution is -2.32. The summed E-state index contributed by atoms with van der Waals surface area (Å²) < 4.78 is 0. The molecule has 0 saturated carbocycles. The van der Waals surface area contributed by atoms with Crippen LogP contribution in [0.5, 0.6) is 0 Å². The average molecular weight is 294 g/mol. The summed E-state index contributed by atoms with van der Waals surface area (Å²) in [5, 5.41) is 2.87. The highest BCUT2D eigenvalue weighted by atomic mass is 16.2. The van der Waals surface area contributed by atoms with Gasteiger partial charge < -0.3 is 10.2 Å². The Kier molecular flexibility index (Phi) is 4.19. The van der Waals surface area contributed by atoms with Gasteiger partial charge in [-0.15, -0.1) is 0 Å². The molecule has 0 radical (unpaired) electrons. The number of rotatable bonds is 3. The lowest BCUT2D eigenvalue weighted by molar-refractivity contribution is 0.103. The molecule has 1 N–H and O–H groups in total. The first-order chi connectivity index (χ1) is 10.7. The van der Waals surface area contributed by atoms with Crippen molar-refractivity contribution < 1.29 is 9.59 Å². The van der Waals surface area contributed by atoms with Gasteiger partial charge in [-0.25, -0.2) is 4.79 Å². The second-order valence-electron chi connectivity index (χ2n) is 5.40. The summed E-state index contributed by atoms with van der Waals surface area (Å²) in [6.45, 7) is 1.60. The van der Waals surface area contributed by atoms with Crippen LogP contribution in [0.25, 0.3) is 0 Å². The Bertz CT molecular complexity index is 676. The van der Waals surface area contributed by atoms with E-state index in [1.165, 1.54) is 0 Å². The van der Waals surface area contributed by atoms with Crippen LogP contribution in [-0.2, 0) is 0 Å². The highest BCUT2D eigenvalue weighted by molar-refractivity contribution is 6.09. The Morgan fingerprint density at radius 1 is 0.864 bits per heavy atom. The molecular formula is C18H18N2O2. The van der Waals surface area contributed by atoms with Crippen LogP contribution in [0.1, 0.15) is 28.8 Å². The summed E-state index contributed by atoms with van der Waals surface area (Å²) in [6.07, 6.45) is 2.11. The van der Waals surface area contributed by atoms with Gasteiger partial charge in [0.2, 0.25) is 0 Å². The van der Waals surface area contributed by atoms with Gasteiger partial charge in [0, 0.05) is 29.9 Å². The monoisotopic (exact) mass is 294 g/mol. The van der Waals surface area contributed by atoms with Gasteiger partial charge in [-0.3, -0.25) is 4.79 Å². The van der Waals surface area contributed by atoms with Crippen molar-refractivity contribution in [1.82, 2.24) is 4.90 Å². The van der Waals surface area contributed by atoms with E-state index in [0.717, 1.165) is 25.9 Å². The number of anilines is 1. The molecular weight excluding hydrogens is 276 g/mol. The van der Waals surface area contributed by atoms with Gasteiger partial charge in [-0.1, -0.05) is 42.5 Å². The maximum absolute atomic E-state index is 12.4. The number of carbonyl (C=O) groups excluding carboxylic acids is 2. The van der Waals surface area contributed by atoms with Crippen LogP contribution < -0.4 is 5.32 Å². The summed E-state index contributed by atoms with van der Waals surface area (Å²) in [6, 6.07) is 16.1. The largest absolute Gasteiger partial charge is 0.325 e. The lowest BCUT2D eigenvalue weighted by atomic mass is 10.0. The molecule has 1 aliphatic heterocycles. The third-order valence-electron chi connectivity index (χ3n) is 3.81. The van der Waals surface area contributed by atoms with Gasteiger partial charge in [0.05, 0.1) is 0 Å². The summed E-state index contributed by atoms with van der Waals surface area (Å²) in [5.41, 5.74) is 1.87. The van der Waals surface area contributed by atoms with Gasteiger partial charge in [0.25, 0.3) is 0 Å². The molecule has 0 aromatic heterocycles. The zero-order chi connectivity index (χ0) is 15.4. The molecule has 2 aromatic rings. The quantitative estimate of drug-likeness (QED) is 0.880. The van der Waals surface area contributed by atoms with E-state index in [9.17, 15) is 9.59 Å². The first-order valence-corrected chi connectivity index (χ1v) is 7.50. The van der Waals surface area contributed by atoms with E-state index in [-0.39, 0.29) is 11.8 Å². The van der Waals surface area contributed by atoms with Gasteiger partial charge in [0.1, 0.15) is 0 Å². The molecule has 3 rings (SSSR count). The summed E-state index contributed by atoms with van der Waals surface area (Å²) in [7, 11) is 0. The number of nitrogens with one attached hydrogen (secondary N) is 1. The molecule has 0 bridgehead atoms. The maximum atomic E-state index is 12.4. The van der Waals surface area contributed by atoms with Crippen LogP contribution >= 0.6 is 0 Å². The van der Waals surface area contributed by atoms with Crippen molar-refractivity contribution in [2.75, 3.05) is 18.4 Å². The molecule has 2 amide bonds. The Morgan fingerprint density at radius 3 is 2.27 bits per heavy atom. The molecule has 0 atom stereocenters. The molecule has 22 heavy (non-hydrogen) atoms. The molecule has 1 fully saturated rings. The number of nitrogens with zero attached hydrogens (tertiary/aromatic N) is 1. The van der Waals surface area contributed by atoms with E-state index in [2.05, 4.69) is 5.32 Å².